The van der Waals surface area contributed by atoms with Crippen molar-refractivity contribution in [3.05, 3.63) is 0 Å². The van der Waals surface area contributed by atoms with E-state index < -0.39 is 7.32 Å². The van der Waals surface area contributed by atoms with Crippen molar-refractivity contribution in [2.45, 2.75) is 0 Å². The number of hydrogen-bond acceptors (Lipinski definition) is 4. The van der Waals surface area contributed by atoms with E-state index in [4.69, 9.17) is 17.1 Å². The summed E-state index contributed by atoms with van der Waals surface area (Å²) in [4.78, 5) is 0. The van der Waals surface area contributed by atoms with E-state index in [1.807, 2.05) is 0 Å². The normalized spacial score (nSPS) is 4.71. The van der Waals surface area contributed by atoms with Crippen LogP contribution in [0.3, 0.4) is 0 Å². The van der Waals surface area contributed by atoms with Crippen molar-refractivity contribution in [1.82, 2.24) is 0 Å². The van der Waals surface area contributed by atoms with Gasteiger partial charge in [-0.2, -0.15) is 0 Å². The third kappa shape index (κ3) is 68.1. The fourth-order valence-corrected chi connectivity index (χ4v) is 0. The van der Waals surface area contributed by atoms with Gasteiger partial charge in [-0.1, -0.05) is 0 Å². The van der Waals surface area contributed by atoms with Crippen LogP contribution in [0, 0.1) is 0 Å². The van der Waals surface area contributed by atoms with Gasteiger partial charge >= 0.3 is 70.8 Å². The van der Waals surface area contributed by atoms with Crippen LogP contribution in [-0.4, -0.2) is 45.1 Å². The van der Waals surface area contributed by atoms with E-state index in [2.05, 4.69) is 0 Å². The first-order chi connectivity index (χ1) is 2.73. The molecule has 4 nitrogen and oxygen atoms in total. The maximum absolute atomic E-state index is 8.42. The monoisotopic (exact) mass is 204 g/mol. The Balaban J connectivity index is -0.0000000480. The fourth-order valence-electron chi connectivity index (χ4n) is 0. The summed E-state index contributed by atoms with van der Waals surface area (Å²) in [6.07, 6.45) is 0. The van der Waals surface area contributed by atoms with Crippen molar-refractivity contribution < 1.29 is 48.1 Å². The zero-order valence-corrected chi connectivity index (χ0v) is 8.54. The second-order valence-corrected chi connectivity index (χ2v) is 0.289. The molecule has 0 aliphatic carbocycles. The van der Waals surface area contributed by atoms with Crippen molar-refractivity contribution in [3.63, 3.8) is 0 Å². The molecule has 32 valence electrons. The molecule has 0 aliphatic rings. The minimum absolute atomic E-state index is 0. The number of hydrogen-bond donors (Lipinski definition) is 0. The van der Waals surface area contributed by atoms with Crippen LogP contribution in [0.4, 0.5) is 0 Å². The van der Waals surface area contributed by atoms with Gasteiger partial charge in [-0.05, 0) is 0 Å². The maximum atomic E-state index is 8.42. The molecule has 0 amide bonds. The molecule has 0 aliphatic heterocycles. The van der Waals surface area contributed by atoms with E-state index in [1.165, 1.54) is 0 Å². The Bertz CT molecular complexity index is 22.9. The molecule has 7 heavy (non-hydrogen) atoms. The topological polar surface area (TPSA) is 86.2 Å². The second-order valence-electron chi connectivity index (χ2n) is 0.289. The average molecular weight is 204 g/mol. The Morgan fingerprint density at radius 1 is 1.14 bits per heavy atom. The Labute approximate surface area is 91.5 Å². The van der Waals surface area contributed by atoms with Crippen molar-refractivity contribution in [2.24, 2.45) is 0 Å². The first-order valence-electron chi connectivity index (χ1n) is 0.943. The SMILES string of the molecule is [Ca+2].[O-]B([O-])[O-].[O]=[Y+]. The molecule has 0 bridgehead atoms. The molecule has 0 aromatic rings. The zero-order chi connectivity index (χ0) is 5.58. The summed E-state index contributed by atoms with van der Waals surface area (Å²) in [5.74, 6) is 0. The summed E-state index contributed by atoms with van der Waals surface area (Å²) in [5, 5.41) is 25.2. The van der Waals surface area contributed by atoms with Crippen LogP contribution in [0.5, 0.6) is 0 Å². The minimum atomic E-state index is -2.92. The molecule has 0 saturated carbocycles. The average Bonchev–Trinajstić information content (AvgIpc) is 1.41. The molecule has 0 heterocycles. The summed E-state index contributed by atoms with van der Waals surface area (Å²) in [5.41, 5.74) is 0. The van der Waals surface area contributed by atoms with Gasteiger partial charge in [0.05, 0.1) is 0 Å². The van der Waals surface area contributed by atoms with Gasteiger partial charge in [-0.3, -0.25) is 7.32 Å². The van der Waals surface area contributed by atoms with Gasteiger partial charge in [0, 0.05) is 0 Å². The van der Waals surface area contributed by atoms with Crippen molar-refractivity contribution >= 4 is 45.1 Å². The second kappa shape index (κ2) is 15.7. The molecule has 0 saturated heterocycles. The van der Waals surface area contributed by atoms with Crippen LogP contribution >= 0.6 is 0 Å². The molecule has 0 rings (SSSR count). The molecule has 0 fully saturated rings. The van der Waals surface area contributed by atoms with Gasteiger partial charge in [-0.25, -0.2) is 0 Å². The number of rotatable bonds is 0. The van der Waals surface area contributed by atoms with Crippen LogP contribution < -0.4 is 15.1 Å². The van der Waals surface area contributed by atoms with E-state index >= 15 is 0 Å². The Kier molecular flexibility index (Phi) is 36.0. The molecule has 0 unspecified atom stereocenters. The summed E-state index contributed by atoms with van der Waals surface area (Å²) in [6, 6.07) is 0. The van der Waals surface area contributed by atoms with Gasteiger partial charge in [0.1, 0.15) is 0 Å². The van der Waals surface area contributed by atoms with Crippen LogP contribution in [0.2, 0.25) is 0 Å². The van der Waals surface area contributed by atoms with Crippen LogP contribution in [0.15, 0.2) is 0 Å². The molecule has 0 spiro atoms. The Morgan fingerprint density at radius 3 is 1.14 bits per heavy atom. The van der Waals surface area contributed by atoms with Crippen LogP contribution in [-0.2, 0) is 33.1 Å². The molecule has 0 N–H and O–H groups in total. The van der Waals surface area contributed by atoms with Gasteiger partial charge in [0.25, 0.3) is 0 Å². The standard InChI is InChI=1S/BO3.Ca.O.Y/c2-1(3)4;;;/q-3;+2;;+1. The zero-order valence-electron chi connectivity index (χ0n) is 3.49. The van der Waals surface area contributed by atoms with Crippen molar-refractivity contribution in [1.29, 1.82) is 0 Å². The summed E-state index contributed by atoms with van der Waals surface area (Å²) in [7, 11) is -2.92. The molecule has 0 radical (unpaired) electrons. The molecule has 0 aromatic heterocycles. The summed E-state index contributed by atoms with van der Waals surface area (Å²) < 4.78 is 8.38. The molecule has 0 aromatic carbocycles. The van der Waals surface area contributed by atoms with Crippen molar-refractivity contribution in [2.75, 3.05) is 0 Å². The third-order valence-corrected chi connectivity index (χ3v) is 0. The van der Waals surface area contributed by atoms with E-state index in [0.717, 1.165) is 0 Å². The van der Waals surface area contributed by atoms with E-state index in [0.29, 0.717) is 0 Å². The quantitative estimate of drug-likeness (QED) is 0.372. The third-order valence-electron chi connectivity index (χ3n) is 0. The van der Waals surface area contributed by atoms with Gasteiger partial charge in [0.2, 0.25) is 0 Å². The van der Waals surface area contributed by atoms with Gasteiger partial charge in [0.15, 0.2) is 0 Å². The van der Waals surface area contributed by atoms with Crippen LogP contribution in [0.25, 0.3) is 0 Å². The van der Waals surface area contributed by atoms with Crippen molar-refractivity contribution in [3.8, 4) is 0 Å². The molecular formula is BCaO4Y. The van der Waals surface area contributed by atoms with E-state index in [9.17, 15) is 0 Å². The fraction of sp³-hybridized carbons (Fsp3) is 0. The first-order valence-corrected chi connectivity index (χ1v) is 2.10. The summed E-state index contributed by atoms with van der Waals surface area (Å²) >= 11 is 0.100. The predicted molar refractivity (Wildman–Crippen MR) is 12.2 cm³/mol. The molecule has 7 heteroatoms. The Hall–Kier alpha value is 2.11. The summed E-state index contributed by atoms with van der Waals surface area (Å²) in [6.45, 7) is 0. The van der Waals surface area contributed by atoms with Gasteiger partial charge in [-0.15, -0.1) is 0 Å². The van der Waals surface area contributed by atoms with E-state index in [1.54, 1.807) is 0 Å². The van der Waals surface area contributed by atoms with Crippen LogP contribution in [0.1, 0.15) is 0 Å². The van der Waals surface area contributed by atoms with Gasteiger partial charge < -0.3 is 15.1 Å². The first kappa shape index (κ1) is 16.0. The molecular weight excluding hydrogens is 204 g/mol. The van der Waals surface area contributed by atoms with E-state index in [-0.39, 0.29) is 68.7 Å². The predicted octanol–water partition coefficient (Wildman–Crippen LogP) is -4.45. The molecule has 0 atom stereocenters. The Morgan fingerprint density at radius 2 is 1.14 bits per heavy atom.